The Morgan fingerprint density at radius 2 is 1.88 bits per heavy atom. The molecule has 0 aliphatic rings. The van der Waals surface area contributed by atoms with Crippen LogP contribution >= 0.6 is 0 Å². The molecule has 25 heavy (non-hydrogen) atoms. The average molecular weight is 332 g/mol. The monoisotopic (exact) mass is 332 g/mol. The first kappa shape index (κ1) is 15.1. The van der Waals surface area contributed by atoms with Gasteiger partial charge in [-0.05, 0) is 29.7 Å². The molecule has 2 aromatic heterocycles. The molecule has 0 radical (unpaired) electrons. The first-order chi connectivity index (χ1) is 12.2. The minimum Gasteiger partial charge on any atom is -0.421 e. The Kier molecular flexibility index (Phi) is 3.78. The third-order valence-corrected chi connectivity index (χ3v) is 3.95. The molecule has 0 unspecified atom stereocenters. The summed E-state index contributed by atoms with van der Waals surface area (Å²) >= 11 is 0. The van der Waals surface area contributed by atoms with Crippen molar-refractivity contribution < 1.29 is 9.21 Å². The molecular formula is C19H16N4O2. The van der Waals surface area contributed by atoms with E-state index in [4.69, 9.17) is 4.42 Å². The van der Waals surface area contributed by atoms with Gasteiger partial charge in [-0.3, -0.25) is 4.79 Å². The second-order valence-corrected chi connectivity index (χ2v) is 5.72. The van der Waals surface area contributed by atoms with Gasteiger partial charge < -0.3 is 14.3 Å². The summed E-state index contributed by atoms with van der Waals surface area (Å²) < 4.78 is 7.40. The third kappa shape index (κ3) is 3.01. The maximum absolute atomic E-state index is 12.5. The van der Waals surface area contributed by atoms with Gasteiger partial charge >= 0.3 is 0 Å². The molecule has 0 saturated carbocycles. The normalized spacial score (nSPS) is 10.9. The Bertz CT molecular complexity index is 1050. The van der Waals surface area contributed by atoms with Crippen molar-refractivity contribution in [3.05, 3.63) is 66.7 Å². The van der Waals surface area contributed by atoms with Crippen LogP contribution in [0.3, 0.4) is 0 Å². The maximum Gasteiger partial charge on any atom is 0.249 e. The topological polar surface area (TPSA) is 73.0 Å². The Morgan fingerprint density at radius 1 is 1.08 bits per heavy atom. The van der Waals surface area contributed by atoms with Crippen molar-refractivity contribution in [2.75, 3.05) is 5.32 Å². The van der Waals surface area contributed by atoms with Crippen LogP contribution in [0.4, 0.5) is 5.69 Å². The molecule has 1 N–H and O–H groups in total. The number of hydrogen-bond donors (Lipinski definition) is 1. The minimum absolute atomic E-state index is 0.120. The van der Waals surface area contributed by atoms with Gasteiger partial charge in [0.2, 0.25) is 17.7 Å². The fraction of sp³-hybridized carbons (Fsp3) is 0.105. The Balaban J connectivity index is 1.57. The van der Waals surface area contributed by atoms with Crippen molar-refractivity contribution in [2.45, 2.75) is 13.5 Å². The van der Waals surface area contributed by atoms with E-state index in [1.165, 1.54) is 0 Å². The molecule has 2 aromatic carbocycles. The van der Waals surface area contributed by atoms with Gasteiger partial charge in [-0.2, -0.15) is 0 Å². The number of benzene rings is 2. The fourth-order valence-corrected chi connectivity index (χ4v) is 2.81. The lowest BCUT2D eigenvalue weighted by Gasteiger charge is -2.10. The zero-order valence-electron chi connectivity index (χ0n) is 13.6. The molecule has 4 aromatic rings. The van der Waals surface area contributed by atoms with Crippen molar-refractivity contribution in [3.8, 4) is 11.5 Å². The van der Waals surface area contributed by atoms with Gasteiger partial charge in [0, 0.05) is 18.6 Å². The zero-order valence-corrected chi connectivity index (χ0v) is 13.6. The number of rotatable bonds is 4. The van der Waals surface area contributed by atoms with Gasteiger partial charge in [-0.15, -0.1) is 10.2 Å². The Labute approximate surface area is 144 Å². The molecule has 0 atom stereocenters. The number of amides is 1. The van der Waals surface area contributed by atoms with Gasteiger partial charge in [0.05, 0.1) is 11.3 Å². The summed E-state index contributed by atoms with van der Waals surface area (Å²) in [5.74, 6) is 0.750. The summed E-state index contributed by atoms with van der Waals surface area (Å²) in [6.07, 6.45) is 1.91. The van der Waals surface area contributed by atoms with Gasteiger partial charge in [0.1, 0.15) is 6.54 Å². The SMILES string of the molecule is Cc1nnc(-c2ccccc2NC(=O)Cn2ccc3ccccc32)o1. The number of nitrogens with zero attached hydrogens (tertiary/aromatic N) is 3. The summed E-state index contributed by atoms with van der Waals surface area (Å²) in [6.45, 7) is 1.96. The maximum atomic E-state index is 12.5. The summed E-state index contributed by atoms with van der Waals surface area (Å²) in [7, 11) is 0. The van der Waals surface area contributed by atoms with E-state index >= 15 is 0 Å². The van der Waals surface area contributed by atoms with E-state index in [0.717, 1.165) is 10.9 Å². The van der Waals surface area contributed by atoms with E-state index in [9.17, 15) is 4.79 Å². The molecule has 6 heteroatoms. The van der Waals surface area contributed by atoms with E-state index in [1.807, 2.05) is 65.4 Å². The molecule has 4 rings (SSSR count). The highest BCUT2D eigenvalue weighted by Crippen LogP contribution is 2.26. The number of aryl methyl sites for hydroxylation is 1. The van der Waals surface area contributed by atoms with Crippen molar-refractivity contribution >= 4 is 22.5 Å². The first-order valence-electron chi connectivity index (χ1n) is 7.94. The molecule has 0 aliphatic heterocycles. The lowest BCUT2D eigenvalue weighted by molar-refractivity contribution is -0.116. The van der Waals surface area contributed by atoms with Gasteiger partial charge in [0.25, 0.3) is 0 Å². The quantitative estimate of drug-likeness (QED) is 0.619. The predicted octanol–water partition coefficient (Wildman–Crippen LogP) is 3.64. The summed E-state index contributed by atoms with van der Waals surface area (Å²) in [5, 5.41) is 11.9. The van der Waals surface area contributed by atoms with Gasteiger partial charge in [-0.1, -0.05) is 30.3 Å². The third-order valence-electron chi connectivity index (χ3n) is 3.95. The smallest absolute Gasteiger partial charge is 0.249 e. The summed E-state index contributed by atoms with van der Waals surface area (Å²) in [6, 6.07) is 17.3. The molecule has 0 spiro atoms. The molecule has 1 amide bonds. The number of carbonyl (C=O) groups is 1. The molecule has 124 valence electrons. The number of fused-ring (bicyclic) bond motifs is 1. The predicted molar refractivity (Wildman–Crippen MR) is 95.0 cm³/mol. The fourth-order valence-electron chi connectivity index (χ4n) is 2.81. The van der Waals surface area contributed by atoms with Crippen molar-refractivity contribution in [1.29, 1.82) is 0 Å². The van der Waals surface area contributed by atoms with Crippen LogP contribution in [0.25, 0.3) is 22.4 Å². The lowest BCUT2D eigenvalue weighted by Crippen LogP contribution is -2.18. The van der Waals surface area contributed by atoms with Crippen molar-refractivity contribution in [1.82, 2.24) is 14.8 Å². The molecule has 2 heterocycles. The molecule has 0 saturated heterocycles. The Hall–Kier alpha value is -3.41. The Morgan fingerprint density at radius 3 is 2.72 bits per heavy atom. The number of aromatic nitrogens is 3. The van der Waals surface area contributed by atoms with Gasteiger partial charge in [0.15, 0.2) is 0 Å². The molecule has 6 nitrogen and oxygen atoms in total. The lowest BCUT2D eigenvalue weighted by atomic mass is 10.1. The van der Waals surface area contributed by atoms with E-state index in [0.29, 0.717) is 23.0 Å². The molecular weight excluding hydrogens is 316 g/mol. The van der Waals surface area contributed by atoms with E-state index in [-0.39, 0.29) is 12.5 Å². The number of carbonyl (C=O) groups excluding carboxylic acids is 1. The second-order valence-electron chi connectivity index (χ2n) is 5.72. The molecule has 0 aliphatic carbocycles. The van der Waals surface area contributed by atoms with Crippen LogP contribution in [0.15, 0.2) is 65.2 Å². The highest BCUT2D eigenvalue weighted by atomic mass is 16.4. The first-order valence-corrected chi connectivity index (χ1v) is 7.94. The van der Waals surface area contributed by atoms with Crippen LogP contribution in [-0.2, 0) is 11.3 Å². The number of para-hydroxylation sites is 2. The van der Waals surface area contributed by atoms with Crippen LogP contribution in [0, 0.1) is 6.92 Å². The van der Waals surface area contributed by atoms with Crippen LogP contribution in [0.1, 0.15) is 5.89 Å². The molecule has 0 bridgehead atoms. The number of hydrogen-bond acceptors (Lipinski definition) is 4. The number of nitrogens with one attached hydrogen (secondary N) is 1. The number of anilines is 1. The summed E-state index contributed by atoms with van der Waals surface area (Å²) in [4.78, 5) is 12.5. The van der Waals surface area contributed by atoms with Crippen LogP contribution in [-0.4, -0.2) is 20.7 Å². The zero-order chi connectivity index (χ0) is 17.2. The van der Waals surface area contributed by atoms with Gasteiger partial charge in [-0.25, -0.2) is 0 Å². The standard InChI is InChI=1S/C19H16N4O2/c1-13-21-22-19(25-13)15-7-3-4-8-16(15)20-18(24)12-23-11-10-14-6-2-5-9-17(14)23/h2-11H,12H2,1H3,(H,20,24). The van der Waals surface area contributed by atoms with E-state index in [1.54, 1.807) is 6.92 Å². The summed E-state index contributed by atoms with van der Waals surface area (Å²) in [5.41, 5.74) is 2.37. The van der Waals surface area contributed by atoms with Crippen molar-refractivity contribution in [2.24, 2.45) is 0 Å². The second kappa shape index (κ2) is 6.24. The molecule has 0 fully saturated rings. The van der Waals surface area contributed by atoms with Crippen LogP contribution in [0.5, 0.6) is 0 Å². The van der Waals surface area contributed by atoms with Crippen LogP contribution in [0.2, 0.25) is 0 Å². The largest absolute Gasteiger partial charge is 0.421 e. The average Bonchev–Trinajstić information content (AvgIpc) is 3.22. The van der Waals surface area contributed by atoms with Crippen molar-refractivity contribution in [3.63, 3.8) is 0 Å². The minimum atomic E-state index is -0.120. The van der Waals surface area contributed by atoms with E-state index in [2.05, 4.69) is 15.5 Å². The van der Waals surface area contributed by atoms with E-state index < -0.39 is 0 Å². The van der Waals surface area contributed by atoms with Crippen LogP contribution < -0.4 is 5.32 Å². The highest BCUT2D eigenvalue weighted by molar-refractivity contribution is 5.95. The highest BCUT2D eigenvalue weighted by Gasteiger charge is 2.13.